The third-order valence-corrected chi connectivity index (χ3v) is 9.86. The molecule has 1 aliphatic rings. The van der Waals surface area contributed by atoms with Crippen LogP contribution in [0.2, 0.25) is 0 Å². The van der Waals surface area contributed by atoms with Gasteiger partial charge in [0, 0.05) is 13.0 Å². The maximum atomic E-state index is 12.8. The molecule has 0 aliphatic carbocycles. The van der Waals surface area contributed by atoms with Crippen molar-refractivity contribution in [3.05, 3.63) is 72.9 Å². The summed E-state index contributed by atoms with van der Waals surface area (Å²) in [6.45, 7) is 4.37. The lowest BCUT2D eigenvalue weighted by Gasteiger charge is -2.39. The van der Waals surface area contributed by atoms with Crippen LogP contribution in [0, 0.1) is 0 Å². The number of allylic oxidation sites excluding steroid dienone is 12. The topological polar surface area (TPSA) is 135 Å². The SMILES string of the molecule is CC/C=C\C/C=C\C/C=C\C/C=C\C/C=C\CCCCCC(=O)OC(COCCCCCCCC/C=C\CCCCCCC)COC1OC(CO)C(O)C(O)C1O. The van der Waals surface area contributed by atoms with Crippen LogP contribution in [-0.2, 0) is 23.7 Å². The van der Waals surface area contributed by atoms with Gasteiger partial charge in [-0.25, -0.2) is 0 Å². The summed E-state index contributed by atoms with van der Waals surface area (Å²) < 4.78 is 22.8. The monoisotopic (exact) mass is 803 g/mol. The molecule has 0 aromatic carbocycles. The Kier molecular flexibility index (Phi) is 36.1. The Morgan fingerprint density at radius 1 is 0.579 bits per heavy atom. The lowest BCUT2D eigenvalue weighted by Crippen LogP contribution is -2.59. The first kappa shape index (κ1) is 52.6. The van der Waals surface area contributed by atoms with E-state index < -0.39 is 43.4 Å². The Morgan fingerprint density at radius 2 is 1.07 bits per heavy atom. The van der Waals surface area contributed by atoms with Crippen LogP contribution in [0.4, 0.5) is 0 Å². The van der Waals surface area contributed by atoms with Crippen molar-refractivity contribution in [2.45, 2.75) is 198 Å². The highest BCUT2D eigenvalue weighted by Crippen LogP contribution is 2.22. The minimum absolute atomic E-state index is 0.123. The van der Waals surface area contributed by atoms with Crippen LogP contribution in [0.3, 0.4) is 0 Å². The van der Waals surface area contributed by atoms with Crippen molar-refractivity contribution in [1.29, 1.82) is 0 Å². The molecule has 0 radical (unpaired) electrons. The normalized spacial score (nSPS) is 21.1. The van der Waals surface area contributed by atoms with Crippen LogP contribution in [-0.4, -0.2) is 89.6 Å². The Bertz CT molecular complexity index is 1100. The zero-order chi connectivity index (χ0) is 41.4. The first-order chi connectivity index (χ1) is 27.9. The van der Waals surface area contributed by atoms with Crippen LogP contribution in [0.25, 0.3) is 0 Å². The van der Waals surface area contributed by atoms with Gasteiger partial charge in [-0.2, -0.15) is 0 Å². The molecule has 0 aromatic rings. The number of carbonyl (C=O) groups excluding carboxylic acids is 1. The number of unbranched alkanes of at least 4 members (excludes halogenated alkanes) is 14. The molecule has 1 fully saturated rings. The zero-order valence-corrected chi connectivity index (χ0v) is 35.8. The summed E-state index contributed by atoms with van der Waals surface area (Å²) >= 11 is 0. The number of hydrogen-bond acceptors (Lipinski definition) is 9. The van der Waals surface area contributed by atoms with Crippen LogP contribution in [0.15, 0.2) is 72.9 Å². The molecule has 1 rings (SSSR count). The number of aliphatic hydroxyl groups excluding tert-OH is 4. The van der Waals surface area contributed by atoms with E-state index in [-0.39, 0.29) is 25.6 Å². The average Bonchev–Trinajstić information content (AvgIpc) is 3.21. The summed E-state index contributed by atoms with van der Waals surface area (Å²) in [5.41, 5.74) is 0. The molecule has 0 bridgehead atoms. The standard InChI is InChI=1S/C48H82O9/c1-3-5-7-9-11-13-15-17-19-20-21-22-23-25-27-29-31-33-35-37-44(50)56-42(41-55-48-47(53)46(52)45(51)43(39-49)57-48)40-54-38-36-34-32-30-28-26-24-18-16-14-12-10-8-6-4-2/h5,7,11,13,16-19,21-22,25,27,42-43,45-49,51-53H,3-4,6,8-10,12,14-15,20,23-24,26,28-41H2,1-2H3/b7-5-,13-11-,18-16-,19-17-,22-21-,27-25-. The van der Waals surface area contributed by atoms with Crippen LogP contribution >= 0.6 is 0 Å². The Morgan fingerprint density at radius 3 is 1.63 bits per heavy atom. The summed E-state index contributed by atoms with van der Waals surface area (Å²) in [6.07, 6.45) is 43.5. The highest BCUT2D eigenvalue weighted by Gasteiger charge is 2.44. The van der Waals surface area contributed by atoms with Crippen molar-refractivity contribution in [1.82, 2.24) is 0 Å². The van der Waals surface area contributed by atoms with E-state index in [0.717, 1.165) is 77.0 Å². The van der Waals surface area contributed by atoms with Gasteiger partial charge in [0.2, 0.25) is 0 Å². The molecule has 6 atom stereocenters. The predicted molar refractivity (Wildman–Crippen MR) is 233 cm³/mol. The Hall–Kier alpha value is -2.37. The fraction of sp³-hybridized carbons (Fsp3) is 0.729. The highest BCUT2D eigenvalue weighted by molar-refractivity contribution is 5.69. The number of carbonyl (C=O) groups is 1. The van der Waals surface area contributed by atoms with E-state index in [1.54, 1.807) is 0 Å². The molecule has 6 unspecified atom stereocenters. The Balaban J connectivity index is 2.31. The second-order valence-electron chi connectivity index (χ2n) is 15.1. The van der Waals surface area contributed by atoms with Crippen LogP contribution < -0.4 is 0 Å². The van der Waals surface area contributed by atoms with Gasteiger partial charge in [0.25, 0.3) is 0 Å². The van der Waals surface area contributed by atoms with E-state index in [1.165, 1.54) is 57.8 Å². The third kappa shape index (κ3) is 30.4. The summed E-state index contributed by atoms with van der Waals surface area (Å²) in [5.74, 6) is -0.349. The van der Waals surface area contributed by atoms with Crippen molar-refractivity contribution in [3.8, 4) is 0 Å². The van der Waals surface area contributed by atoms with Gasteiger partial charge in [-0.3, -0.25) is 4.79 Å². The smallest absolute Gasteiger partial charge is 0.306 e. The molecule has 4 N–H and O–H groups in total. The molecular formula is C48H82O9. The van der Waals surface area contributed by atoms with E-state index in [0.29, 0.717) is 13.0 Å². The van der Waals surface area contributed by atoms with E-state index in [9.17, 15) is 25.2 Å². The quantitative estimate of drug-likeness (QED) is 0.0275. The van der Waals surface area contributed by atoms with Gasteiger partial charge >= 0.3 is 5.97 Å². The molecule has 57 heavy (non-hydrogen) atoms. The number of rotatable bonds is 37. The van der Waals surface area contributed by atoms with Gasteiger partial charge in [0.1, 0.15) is 30.5 Å². The van der Waals surface area contributed by atoms with Gasteiger partial charge in [-0.1, -0.05) is 145 Å². The maximum Gasteiger partial charge on any atom is 0.306 e. The van der Waals surface area contributed by atoms with Crippen molar-refractivity contribution in [2.24, 2.45) is 0 Å². The van der Waals surface area contributed by atoms with Crippen molar-refractivity contribution in [3.63, 3.8) is 0 Å². The second kappa shape index (κ2) is 39.1. The van der Waals surface area contributed by atoms with Gasteiger partial charge in [-0.15, -0.1) is 0 Å². The van der Waals surface area contributed by atoms with Gasteiger partial charge in [-0.05, 0) is 83.5 Å². The van der Waals surface area contributed by atoms with E-state index >= 15 is 0 Å². The molecule has 0 saturated carbocycles. The zero-order valence-electron chi connectivity index (χ0n) is 35.8. The minimum Gasteiger partial charge on any atom is -0.457 e. The van der Waals surface area contributed by atoms with Crippen LogP contribution in [0.5, 0.6) is 0 Å². The minimum atomic E-state index is -1.55. The summed E-state index contributed by atoms with van der Waals surface area (Å²) in [5, 5.41) is 40.1. The third-order valence-electron chi connectivity index (χ3n) is 9.86. The summed E-state index contributed by atoms with van der Waals surface area (Å²) in [7, 11) is 0. The predicted octanol–water partition coefficient (Wildman–Crippen LogP) is 10.1. The molecule has 328 valence electrons. The first-order valence-electron chi connectivity index (χ1n) is 22.5. The molecule has 1 saturated heterocycles. The summed E-state index contributed by atoms with van der Waals surface area (Å²) in [6, 6.07) is 0. The number of ether oxygens (including phenoxy) is 4. The molecule has 1 heterocycles. The van der Waals surface area contributed by atoms with Crippen molar-refractivity contribution < 1.29 is 44.2 Å². The number of aliphatic hydroxyl groups is 4. The molecule has 0 spiro atoms. The van der Waals surface area contributed by atoms with E-state index in [1.807, 2.05) is 0 Å². The lowest BCUT2D eigenvalue weighted by atomic mass is 9.99. The largest absolute Gasteiger partial charge is 0.457 e. The lowest BCUT2D eigenvalue weighted by molar-refractivity contribution is -0.305. The van der Waals surface area contributed by atoms with E-state index in [2.05, 4.69) is 86.8 Å². The molecule has 0 aromatic heterocycles. The number of esters is 1. The second-order valence-corrected chi connectivity index (χ2v) is 15.1. The Labute approximate surface area is 347 Å². The molecular weight excluding hydrogens is 721 g/mol. The molecule has 0 amide bonds. The first-order valence-corrected chi connectivity index (χ1v) is 22.5. The van der Waals surface area contributed by atoms with Crippen molar-refractivity contribution in [2.75, 3.05) is 26.4 Å². The average molecular weight is 803 g/mol. The highest BCUT2D eigenvalue weighted by atomic mass is 16.7. The maximum absolute atomic E-state index is 12.8. The molecule has 9 nitrogen and oxygen atoms in total. The van der Waals surface area contributed by atoms with Gasteiger partial charge in [0.15, 0.2) is 6.29 Å². The summed E-state index contributed by atoms with van der Waals surface area (Å²) in [4.78, 5) is 12.8. The molecule has 1 aliphatic heterocycles. The number of hydrogen-bond donors (Lipinski definition) is 4. The van der Waals surface area contributed by atoms with Crippen LogP contribution in [0.1, 0.15) is 162 Å². The fourth-order valence-corrected chi connectivity index (χ4v) is 6.33. The van der Waals surface area contributed by atoms with Gasteiger partial charge in [0.05, 0.1) is 19.8 Å². The van der Waals surface area contributed by atoms with E-state index in [4.69, 9.17) is 18.9 Å². The molecule has 9 heteroatoms. The fourth-order valence-electron chi connectivity index (χ4n) is 6.33. The van der Waals surface area contributed by atoms with Gasteiger partial charge < -0.3 is 39.4 Å². The van der Waals surface area contributed by atoms with Crippen molar-refractivity contribution >= 4 is 5.97 Å².